The van der Waals surface area contributed by atoms with Crippen LogP contribution in [0.25, 0.3) is 22.4 Å². The van der Waals surface area contributed by atoms with E-state index in [4.69, 9.17) is 0 Å². The maximum absolute atomic E-state index is 13.9. The molecular weight excluding hydrogens is 399 g/mol. The number of aromatic nitrogens is 5. The van der Waals surface area contributed by atoms with Gasteiger partial charge in [-0.1, -0.05) is 19.4 Å². The van der Waals surface area contributed by atoms with Crippen molar-refractivity contribution in [1.29, 1.82) is 0 Å². The van der Waals surface area contributed by atoms with Crippen molar-refractivity contribution in [3.63, 3.8) is 0 Å². The van der Waals surface area contributed by atoms with Gasteiger partial charge in [-0.25, -0.2) is 13.8 Å². The monoisotopic (exact) mass is 422 g/mol. The van der Waals surface area contributed by atoms with Crippen LogP contribution in [0.1, 0.15) is 25.5 Å². The van der Waals surface area contributed by atoms with E-state index in [2.05, 4.69) is 15.5 Å². The summed E-state index contributed by atoms with van der Waals surface area (Å²) in [6, 6.07) is 9.64. The van der Waals surface area contributed by atoms with Gasteiger partial charge in [0.15, 0.2) is 5.82 Å². The molecule has 0 atom stereocenters. The molecule has 1 aromatic carbocycles. The van der Waals surface area contributed by atoms with Gasteiger partial charge in [0.1, 0.15) is 23.3 Å². The van der Waals surface area contributed by atoms with Gasteiger partial charge in [0.2, 0.25) is 5.91 Å². The Morgan fingerprint density at radius 3 is 2.65 bits per heavy atom. The third kappa shape index (κ3) is 3.98. The van der Waals surface area contributed by atoms with Crippen LogP contribution in [0.15, 0.2) is 53.6 Å². The highest BCUT2D eigenvalue weighted by Gasteiger charge is 2.22. The number of nitrogens with one attached hydrogen (secondary N) is 1. The minimum absolute atomic E-state index is 0.185. The second kappa shape index (κ2) is 8.55. The quantitative estimate of drug-likeness (QED) is 0.464. The van der Waals surface area contributed by atoms with Gasteiger partial charge < -0.3 is 9.88 Å². The fraction of sp³-hybridized carbons (Fsp3) is 0.273. The Hall–Kier alpha value is -3.75. The first-order chi connectivity index (χ1) is 15.0. The van der Waals surface area contributed by atoms with E-state index in [-0.39, 0.29) is 12.5 Å². The lowest BCUT2D eigenvalue weighted by Crippen LogP contribution is -2.34. The molecule has 160 valence electrons. The van der Waals surface area contributed by atoms with Crippen LogP contribution in [0, 0.1) is 12.7 Å². The normalized spacial score (nSPS) is 11.2. The average molecular weight is 422 g/mol. The summed E-state index contributed by atoms with van der Waals surface area (Å²) in [5, 5.41) is 12.0. The smallest absolute Gasteiger partial charge is 0.280 e. The summed E-state index contributed by atoms with van der Waals surface area (Å²) in [5.41, 5.74) is 0.945. The molecule has 0 saturated carbocycles. The largest absolute Gasteiger partial charge is 0.354 e. The van der Waals surface area contributed by atoms with Crippen LogP contribution in [0.2, 0.25) is 0 Å². The number of carbonyl (C=O) groups excluding carboxylic acids is 1. The van der Waals surface area contributed by atoms with Gasteiger partial charge in [0.25, 0.3) is 5.56 Å². The molecule has 0 unspecified atom stereocenters. The van der Waals surface area contributed by atoms with Crippen molar-refractivity contribution in [2.24, 2.45) is 0 Å². The SMILES string of the molecule is CCCCNC(=O)Cn1nc(C)c2nn(-c3cccc(F)c3)c(-n3cccc3)c2c1=O. The first-order valence-corrected chi connectivity index (χ1v) is 10.2. The van der Waals surface area contributed by atoms with Crippen molar-refractivity contribution in [2.45, 2.75) is 33.2 Å². The summed E-state index contributed by atoms with van der Waals surface area (Å²) >= 11 is 0. The Labute approximate surface area is 177 Å². The summed E-state index contributed by atoms with van der Waals surface area (Å²) in [6.07, 6.45) is 5.39. The number of nitrogens with zero attached hydrogens (tertiary/aromatic N) is 5. The Morgan fingerprint density at radius 2 is 1.94 bits per heavy atom. The van der Waals surface area contributed by atoms with Crippen LogP contribution < -0.4 is 10.9 Å². The molecule has 4 rings (SSSR count). The summed E-state index contributed by atoms with van der Waals surface area (Å²) in [7, 11) is 0. The summed E-state index contributed by atoms with van der Waals surface area (Å²) in [4.78, 5) is 25.6. The van der Waals surface area contributed by atoms with Crippen molar-refractivity contribution in [3.05, 3.63) is 70.7 Å². The van der Waals surface area contributed by atoms with Crippen molar-refractivity contribution < 1.29 is 9.18 Å². The summed E-state index contributed by atoms with van der Waals surface area (Å²) in [6.45, 7) is 4.14. The van der Waals surface area contributed by atoms with E-state index >= 15 is 0 Å². The lowest BCUT2D eigenvalue weighted by molar-refractivity contribution is -0.121. The Morgan fingerprint density at radius 1 is 1.16 bits per heavy atom. The van der Waals surface area contributed by atoms with Gasteiger partial charge in [0.05, 0.1) is 11.4 Å². The summed E-state index contributed by atoms with van der Waals surface area (Å²) < 4.78 is 18.3. The number of fused-ring (bicyclic) bond motifs is 1. The van der Waals surface area contributed by atoms with Crippen LogP contribution >= 0.6 is 0 Å². The van der Waals surface area contributed by atoms with Crippen LogP contribution in [0.5, 0.6) is 0 Å². The molecule has 0 fully saturated rings. The standard InChI is InChI=1S/C22H23FN6O2/c1-3-4-10-24-18(30)14-28-22(31)19-20(15(2)25-28)26-29(17-9-7-8-16(23)13-17)21(19)27-11-5-6-12-27/h5-9,11-13H,3-4,10,14H2,1-2H3,(H,24,30). The average Bonchev–Trinajstić information content (AvgIpc) is 3.40. The molecule has 1 N–H and O–H groups in total. The number of hydrogen-bond donors (Lipinski definition) is 1. The zero-order valence-electron chi connectivity index (χ0n) is 17.4. The summed E-state index contributed by atoms with van der Waals surface area (Å²) in [5.74, 6) is -0.227. The second-order valence-corrected chi connectivity index (χ2v) is 7.28. The van der Waals surface area contributed by atoms with Gasteiger partial charge in [-0.15, -0.1) is 0 Å². The first-order valence-electron chi connectivity index (χ1n) is 10.2. The molecule has 0 aliphatic rings. The molecule has 3 aromatic heterocycles. The Kier molecular flexibility index (Phi) is 5.66. The van der Waals surface area contributed by atoms with Crippen molar-refractivity contribution in [3.8, 4) is 11.5 Å². The number of amides is 1. The van der Waals surface area contributed by atoms with E-state index in [0.717, 1.165) is 17.5 Å². The van der Waals surface area contributed by atoms with E-state index in [1.165, 1.54) is 16.8 Å². The number of halogens is 1. The maximum Gasteiger partial charge on any atom is 0.280 e. The van der Waals surface area contributed by atoms with Crippen LogP contribution in [-0.4, -0.2) is 36.6 Å². The number of rotatable bonds is 7. The van der Waals surface area contributed by atoms with Crippen molar-refractivity contribution in [1.82, 2.24) is 29.4 Å². The third-order valence-corrected chi connectivity index (χ3v) is 4.97. The first kappa shape index (κ1) is 20.5. The zero-order chi connectivity index (χ0) is 22.0. The molecule has 0 radical (unpaired) electrons. The van der Waals surface area contributed by atoms with Gasteiger partial charge in [-0.2, -0.15) is 10.2 Å². The van der Waals surface area contributed by atoms with Gasteiger partial charge >= 0.3 is 0 Å². The number of hydrogen-bond acceptors (Lipinski definition) is 4. The number of unbranched alkanes of at least 4 members (excludes halogenated alkanes) is 1. The Bertz CT molecular complexity index is 1290. The molecule has 4 aromatic rings. The van der Waals surface area contributed by atoms with Gasteiger partial charge in [-0.3, -0.25) is 9.59 Å². The molecule has 31 heavy (non-hydrogen) atoms. The molecule has 0 bridgehead atoms. The molecule has 3 heterocycles. The molecule has 8 nitrogen and oxygen atoms in total. The highest BCUT2D eigenvalue weighted by atomic mass is 19.1. The molecule has 0 aliphatic heterocycles. The number of carbonyl (C=O) groups is 1. The number of benzene rings is 1. The van der Waals surface area contributed by atoms with Crippen molar-refractivity contribution in [2.75, 3.05) is 6.54 Å². The minimum Gasteiger partial charge on any atom is -0.354 e. The highest BCUT2D eigenvalue weighted by molar-refractivity contribution is 5.88. The molecule has 1 amide bonds. The zero-order valence-corrected chi connectivity index (χ0v) is 17.4. The van der Waals surface area contributed by atoms with Crippen molar-refractivity contribution >= 4 is 16.8 Å². The highest BCUT2D eigenvalue weighted by Crippen LogP contribution is 2.24. The fourth-order valence-electron chi connectivity index (χ4n) is 3.47. The Balaban J connectivity index is 1.89. The third-order valence-electron chi connectivity index (χ3n) is 4.97. The molecule has 9 heteroatoms. The molecule has 0 spiro atoms. The van der Waals surface area contributed by atoms with E-state index in [0.29, 0.717) is 34.6 Å². The lowest BCUT2D eigenvalue weighted by atomic mass is 10.2. The van der Waals surface area contributed by atoms with Gasteiger partial charge in [0, 0.05) is 18.9 Å². The van der Waals surface area contributed by atoms with E-state index in [9.17, 15) is 14.0 Å². The van der Waals surface area contributed by atoms with Crippen LogP contribution in [-0.2, 0) is 11.3 Å². The fourth-order valence-corrected chi connectivity index (χ4v) is 3.47. The van der Waals surface area contributed by atoms with Crippen LogP contribution in [0.4, 0.5) is 4.39 Å². The minimum atomic E-state index is -0.433. The van der Waals surface area contributed by atoms with E-state index in [1.807, 2.05) is 19.1 Å². The maximum atomic E-state index is 13.9. The predicted molar refractivity (Wildman–Crippen MR) is 115 cm³/mol. The molecular formula is C22H23FN6O2. The molecule has 0 aliphatic carbocycles. The van der Waals surface area contributed by atoms with Crippen LogP contribution in [0.3, 0.4) is 0 Å². The second-order valence-electron chi connectivity index (χ2n) is 7.28. The lowest BCUT2D eigenvalue weighted by Gasteiger charge is -2.10. The van der Waals surface area contributed by atoms with E-state index < -0.39 is 11.4 Å². The molecule has 0 saturated heterocycles. The van der Waals surface area contributed by atoms with Gasteiger partial charge in [-0.05, 0) is 43.7 Å². The topological polar surface area (TPSA) is 86.7 Å². The predicted octanol–water partition coefficient (Wildman–Crippen LogP) is 2.74. The number of aryl methyl sites for hydroxylation is 1. The van der Waals surface area contributed by atoms with E-state index in [1.54, 1.807) is 36.0 Å².